The fourth-order valence-corrected chi connectivity index (χ4v) is 2.21. The van der Waals surface area contributed by atoms with Gasteiger partial charge in [0.25, 0.3) is 0 Å². The molecule has 0 atom stereocenters. The van der Waals surface area contributed by atoms with Crippen LogP contribution in [0.5, 0.6) is 0 Å². The minimum atomic E-state index is 0.639. The molecule has 0 bridgehead atoms. The van der Waals surface area contributed by atoms with Crippen molar-refractivity contribution in [1.82, 2.24) is 24.4 Å². The van der Waals surface area contributed by atoms with E-state index in [9.17, 15) is 0 Å². The molecule has 0 fully saturated rings. The zero-order valence-electron chi connectivity index (χ0n) is 10.4. The van der Waals surface area contributed by atoms with Crippen molar-refractivity contribution in [1.29, 1.82) is 0 Å². The highest BCUT2D eigenvalue weighted by Gasteiger charge is 2.04. The van der Waals surface area contributed by atoms with Crippen LogP contribution >= 0.6 is 15.9 Å². The lowest BCUT2D eigenvalue weighted by molar-refractivity contribution is 0.710. The maximum Gasteiger partial charge on any atom is 0.243 e. The Morgan fingerprint density at radius 3 is 3.00 bits per heavy atom. The van der Waals surface area contributed by atoms with Gasteiger partial charge in [-0.2, -0.15) is 10.1 Å². The second-order valence-corrected chi connectivity index (χ2v) is 5.12. The Morgan fingerprint density at radius 2 is 2.21 bits per heavy atom. The maximum atomic E-state index is 4.39. The highest BCUT2D eigenvalue weighted by molar-refractivity contribution is 9.10. The second kappa shape index (κ2) is 5.00. The van der Waals surface area contributed by atoms with E-state index in [1.165, 1.54) is 5.69 Å². The molecule has 0 saturated heterocycles. The van der Waals surface area contributed by atoms with Crippen LogP contribution in [-0.2, 0) is 13.5 Å². The van der Waals surface area contributed by atoms with Crippen LogP contribution in [0.25, 0.3) is 5.65 Å². The summed E-state index contributed by atoms with van der Waals surface area (Å²) < 4.78 is 4.60. The molecule has 0 aromatic carbocycles. The fraction of sp³-hybridized carbons (Fsp3) is 0.250. The summed E-state index contributed by atoms with van der Waals surface area (Å²) in [5, 5.41) is 11.7. The van der Waals surface area contributed by atoms with Crippen LogP contribution < -0.4 is 5.32 Å². The lowest BCUT2D eigenvalue weighted by Crippen LogP contribution is -2.09. The van der Waals surface area contributed by atoms with Gasteiger partial charge in [-0.1, -0.05) is 0 Å². The molecule has 98 valence electrons. The Hall–Kier alpha value is -1.89. The van der Waals surface area contributed by atoms with Crippen LogP contribution in [-0.4, -0.2) is 30.9 Å². The number of hydrogen-bond donors (Lipinski definition) is 1. The van der Waals surface area contributed by atoms with Crippen LogP contribution in [0.3, 0.4) is 0 Å². The predicted molar refractivity (Wildman–Crippen MR) is 76.1 cm³/mol. The third-order valence-electron chi connectivity index (χ3n) is 2.88. The number of nitrogens with zero attached hydrogens (tertiary/aromatic N) is 5. The third kappa shape index (κ3) is 2.60. The van der Waals surface area contributed by atoms with Gasteiger partial charge in [0.1, 0.15) is 0 Å². The van der Waals surface area contributed by atoms with Crippen molar-refractivity contribution in [2.45, 2.75) is 6.42 Å². The number of fused-ring (bicyclic) bond motifs is 1. The minimum absolute atomic E-state index is 0.639. The van der Waals surface area contributed by atoms with E-state index in [1.54, 1.807) is 10.7 Å². The highest BCUT2D eigenvalue weighted by Crippen LogP contribution is 2.12. The van der Waals surface area contributed by atoms with E-state index >= 15 is 0 Å². The van der Waals surface area contributed by atoms with Gasteiger partial charge in [-0.25, -0.2) is 4.52 Å². The average Bonchev–Trinajstić information content (AvgIpc) is 2.95. The number of halogens is 1. The largest absolute Gasteiger partial charge is 0.353 e. The fourth-order valence-electron chi connectivity index (χ4n) is 1.88. The summed E-state index contributed by atoms with van der Waals surface area (Å²) in [4.78, 5) is 4.39. The Kier molecular flexibility index (Phi) is 3.20. The van der Waals surface area contributed by atoms with Crippen molar-refractivity contribution in [3.8, 4) is 0 Å². The van der Waals surface area contributed by atoms with Crippen LogP contribution in [0.1, 0.15) is 5.69 Å². The van der Waals surface area contributed by atoms with Crippen LogP contribution in [0.15, 0.2) is 35.1 Å². The standard InChI is InChI=1S/C12H13BrN6/c1-18-10(5-7-15-18)4-6-14-12-16-11-3-2-9(13)8-19(11)17-12/h2-3,5,7-8H,4,6H2,1H3,(H,14,17). The topological polar surface area (TPSA) is 60.0 Å². The predicted octanol–water partition coefficient (Wildman–Crippen LogP) is 1.88. The van der Waals surface area contributed by atoms with Gasteiger partial charge in [0.2, 0.25) is 5.95 Å². The maximum absolute atomic E-state index is 4.39. The summed E-state index contributed by atoms with van der Waals surface area (Å²) in [6.07, 6.45) is 4.57. The van der Waals surface area contributed by atoms with Crippen molar-refractivity contribution in [2.24, 2.45) is 7.05 Å². The molecule has 0 aliphatic heterocycles. The molecule has 3 heterocycles. The molecular formula is C12H13BrN6. The lowest BCUT2D eigenvalue weighted by atomic mass is 10.3. The molecule has 0 spiro atoms. The van der Waals surface area contributed by atoms with Crippen molar-refractivity contribution in [3.63, 3.8) is 0 Å². The van der Waals surface area contributed by atoms with Crippen molar-refractivity contribution >= 4 is 27.5 Å². The molecule has 19 heavy (non-hydrogen) atoms. The molecule has 0 unspecified atom stereocenters. The molecule has 1 N–H and O–H groups in total. The van der Waals surface area contributed by atoms with E-state index in [1.807, 2.05) is 36.1 Å². The Balaban J connectivity index is 1.67. The molecule has 3 aromatic heterocycles. The van der Waals surface area contributed by atoms with E-state index in [2.05, 4.69) is 36.4 Å². The van der Waals surface area contributed by atoms with Crippen LogP contribution in [0.2, 0.25) is 0 Å². The summed E-state index contributed by atoms with van der Waals surface area (Å²) in [7, 11) is 1.94. The van der Waals surface area contributed by atoms with E-state index < -0.39 is 0 Å². The van der Waals surface area contributed by atoms with Gasteiger partial charge in [-0.3, -0.25) is 4.68 Å². The summed E-state index contributed by atoms with van der Waals surface area (Å²) in [6.45, 7) is 0.775. The Bertz CT molecular complexity index is 701. The van der Waals surface area contributed by atoms with Gasteiger partial charge in [-0.15, -0.1) is 5.10 Å². The first kappa shape index (κ1) is 12.2. The molecule has 3 aromatic rings. The molecule has 0 amide bonds. The van der Waals surface area contributed by atoms with E-state index in [-0.39, 0.29) is 0 Å². The SMILES string of the molecule is Cn1nccc1CCNc1nc2ccc(Br)cn2n1. The lowest BCUT2D eigenvalue weighted by Gasteiger charge is -2.02. The van der Waals surface area contributed by atoms with Gasteiger partial charge >= 0.3 is 0 Å². The van der Waals surface area contributed by atoms with Crippen LogP contribution in [0, 0.1) is 0 Å². The molecule has 0 saturated carbocycles. The van der Waals surface area contributed by atoms with Crippen molar-refractivity contribution in [2.75, 3.05) is 11.9 Å². The normalized spacial score (nSPS) is 11.1. The smallest absolute Gasteiger partial charge is 0.243 e. The summed E-state index contributed by atoms with van der Waals surface area (Å²) >= 11 is 3.41. The van der Waals surface area contributed by atoms with Crippen LogP contribution in [0.4, 0.5) is 5.95 Å². The summed E-state index contributed by atoms with van der Waals surface area (Å²) in [5.41, 5.74) is 2.00. The molecule has 6 nitrogen and oxygen atoms in total. The monoisotopic (exact) mass is 320 g/mol. The number of aromatic nitrogens is 5. The minimum Gasteiger partial charge on any atom is -0.353 e. The van der Waals surface area contributed by atoms with Gasteiger partial charge in [0.15, 0.2) is 5.65 Å². The number of aryl methyl sites for hydroxylation is 1. The zero-order valence-corrected chi connectivity index (χ0v) is 12.0. The van der Waals surface area contributed by atoms with Gasteiger partial charge in [0, 0.05) is 42.6 Å². The summed E-state index contributed by atoms with van der Waals surface area (Å²) in [6, 6.07) is 5.88. The Labute approximate surface area is 118 Å². The van der Waals surface area contributed by atoms with Crippen molar-refractivity contribution in [3.05, 3.63) is 40.8 Å². The Morgan fingerprint density at radius 1 is 1.32 bits per heavy atom. The first-order chi connectivity index (χ1) is 9.22. The zero-order chi connectivity index (χ0) is 13.2. The second-order valence-electron chi connectivity index (χ2n) is 4.21. The highest BCUT2D eigenvalue weighted by atomic mass is 79.9. The molecule has 0 aliphatic carbocycles. The van der Waals surface area contributed by atoms with E-state index in [4.69, 9.17) is 0 Å². The first-order valence-electron chi connectivity index (χ1n) is 5.95. The van der Waals surface area contributed by atoms with Crippen molar-refractivity contribution < 1.29 is 0 Å². The molecule has 0 radical (unpaired) electrons. The van der Waals surface area contributed by atoms with Gasteiger partial charge in [-0.05, 0) is 34.1 Å². The molecule has 7 heteroatoms. The quantitative estimate of drug-likeness (QED) is 0.797. The average molecular weight is 321 g/mol. The number of anilines is 1. The van der Waals surface area contributed by atoms with E-state index in [0.29, 0.717) is 5.95 Å². The third-order valence-corrected chi connectivity index (χ3v) is 3.35. The number of hydrogen-bond acceptors (Lipinski definition) is 4. The molecule has 3 rings (SSSR count). The van der Waals surface area contributed by atoms with E-state index in [0.717, 1.165) is 23.1 Å². The number of rotatable bonds is 4. The number of nitrogens with one attached hydrogen (secondary N) is 1. The number of pyridine rings is 1. The first-order valence-corrected chi connectivity index (χ1v) is 6.74. The van der Waals surface area contributed by atoms with Gasteiger partial charge in [0.05, 0.1) is 0 Å². The summed E-state index contributed by atoms with van der Waals surface area (Å²) in [5.74, 6) is 0.639. The van der Waals surface area contributed by atoms with Gasteiger partial charge < -0.3 is 5.32 Å². The molecule has 0 aliphatic rings. The molecular weight excluding hydrogens is 308 g/mol.